The van der Waals surface area contributed by atoms with Crippen LogP contribution in [-0.4, -0.2) is 35.7 Å². The maximum Gasteiger partial charge on any atom is 0.157 e. The average Bonchev–Trinajstić information content (AvgIpc) is 3.02. The molecule has 25 heavy (non-hydrogen) atoms. The van der Waals surface area contributed by atoms with E-state index in [0.717, 1.165) is 53.1 Å². The summed E-state index contributed by atoms with van der Waals surface area (Å²) in [6.45, 7) is 9.01. The van der Waals surface area contributed by atoms with Crippen molar-refractivity contribution in [1.82, 2.24) is 9.38 Å². The summed E-state index contributed by atoms with van der Waals surface area (Å²) >= 11 is 0. The van der Waals surface area contributed by atoms with Crippen LogP contribution in [-0.2, 0) is 11.2 Å². The average molecular weight is 332 g/mol. The van der Waals surface area contributed by atoms with Crippen LogP contribution in [0.5, 0.6) is 0 Å². The number of morpholine rings is 1. The Hall–Kier alpha value is -2.84. The highest BCUT2D eigenvalue weighted by Gasteiger charge is 2.24. The summed E-state index contributed by atoms with van der Waals surface area (Å²) in [5, 5.41) is 9.77. The lowest BCUT2D eigenvalue weighted by Gasteiger charge is -2.32. The Kier molecular flexibility index (Phi) is 3.90. The first-order valence-electron chi connectivity index (χ1n) is 8.52. The highest BCUT2D eigenvalue weighted by molar-refractivity contribution is 5.86. The summed E-state index contributed by atoms with van der Waals surface area (Å²) in [4.78, 5) is 7.11. The molecular weight excluding hydrogens is 312 g/mol. The van der Waals surface area contributed by atoms with E-state index in [4.69, 9.17) is 9.72 Å². The Morgan fingerprint density at radius 3 is 2.80 bits per heavy atom. The fourth-order valence-electron chi connectivity index (χ4n) is 3.66. The van der Waals surface area contributed by atoms with Crippen molar-refractivity contribution in [3.63, 3.8) is 0 Å². The number of pyridine rings is 1. The Bertz CT molecular complexity index is 1010. The lowest BCUT2D eigenvalue weighted by Crippen LogP contribution is -2.38. The quantitative estimate of drug-likeness (QED) is 0.691. The molecule has 5 nitrogen and oxygen atoms in total. The molecule has 4 rings (SSSR count). The molecule has 5 heteroatoms. The normalized spacial score (nSPS) is 14.8. The predicted octanol–water partition coefficient (Wildman–Crippen LogP) is 3.23. The van der Waals surface area contributed by atoms with Crippen molar-refractivity contribution in [1.29, 1.82) is 5.26 Å². The molecule has 1 aromatic carbocycles. The van der Waals surface area contributed by atoms with Gasteiger partial charge < -0.3 is 9.64 Å². The SMILES string of the molecule is C=CCc1c(C)c(C#N)c2nc3ccccc3n2c1N1CCOCC1. The summed E-state index contributed by atoms with van der Waals surface area (Å²) in [5.74, 6) is 1.11. The van der Waals surface area contributed by atoms with Crippen LogP contribution in [0.3, 0.4) is 0 Å². The summed E-state index contributed by atoms with van der Waals surface area (Å²) in [6.07, 6.45) is 2.62. The second kappa shape index (κ2) is 6.23. The van der Waals surface area contributed by atoms with Gasteiger partial charge >= 0.3 is 0 Å². The van der Waals surface area contributed by atoms with Crippen molar-refractivity contribution in [2.75, 3.05) is 31.2 Å². The second-order valence-electron chi connectivity index (χ2n) is 6.27. The molecule has 1 saturated heterocycles. The van der Waals surface area contributed by atoms with Crippen LogP contribution in [0.4, 0.5) is 5.82 Å². The molecule has 0 atom stereocenters. The van der Waals surface area contributed by atoms with Crippen molar-refractivity contribution < 1.29 is 4.74 Å². The molecule has 0 N–H and O–H groups in total. The predicted molar refractivity (Wildman–Crippen MR) is 99.1 cm³/mol. The van der Waals surface area contributed by atoms with Crippen LogP contribution in [0.1, 0.15) is 16.7 Å². The highest BCUT2D eigenvalue weighted by atomic mass is 16.5. The highest BCUT2D eigenvalue weighted by Crippen LogP contribution is 2.34. The summed E-state index contributed by atoms with van der Waals surface area (Å²) < 4.78 is 7.68. The minimum atomic E-state index is 0.644. The van der Waals surface area contributed by atoms with Gasteiger partial charge in [-0.05, 0) is 31.0 Å². The number of nitriles is 1. The van der Waals surface area contributed by atoms with Crippen LogP contribution in [0.25, 0.3) is 16.7 Å². The fraction of sp³-hybridized carbons (Fsp3) is 0.300. The third-order valence-corrected chi connectivity index (χ3v) is 4.86. The van der Waals surface area contributed by atoms with E-state index in [1.807, 2.05) is 31.2 Å². The molecule has 1 fully saturated rings. The zero-order valence-corrected chi connectivity index (χ0v) is 14.3. The van der Waals surface area contributed by atoms with Gasteiger partial charge in [0.25, 0.3) is 0 Å². The van der Waals surface area contributed by atoms with Gasteiger partial charge in [-0.3, -0.25) is 4.40 Å². The largest absolute Gasteiger partial charge is 0.378 e. The molecule has 1 aliphatic rings. The standard InChI is InChI=1S/C20H20N4O/c1-3-6-15-14(2)16(13-21)19-22-17-7-4-5-8-18(17)24(19)20(15)23-9-11-25-12-10-23/h3-5,7-8H,1,6,9-12H2,2H3. The number of hydrogen-bond acceptors (Lipinski definition) is 4. The lowest BCUT2D eigenvalue weighted by atomic mass is 10.0. The van der Waals surface area contributed by atoms with Gasteiger partial charge in [0.15, 0.2) is 5.65 Å². The number of fused-ring (bicyclic) bond motifs is 3. The number of aromatic nitrogens is 2. The van der Waals surface area contributed by atoms with Crippen molar-refractivity contribution in [2.45, 2.75) is 13.3 Å². The second-order valence-corrected chi connectivity index (χ2v) is 6.27. The van der Waals surface area contributed by atoms with Gasteiger partial charge in [0.05, 0.1) is 29.8 Å². The third kappa shape index (κ3) is 2.38. The first-order chi connectivity index (χ1) is 12.3. The van der Waals surface area contributed by atoms with Gasteiger partial charge in [0.1, 0.15) is 11.9 Å². The summed E-state index contributed by atoms with van der Waals surface area (Å²) in [7, 11) is 0. The molecule has 0 amide bonds. The molecule has 0 aliphatic carbocycles. The number of allylic oxidation sites excluding steroid dienone is 1. The fourth-order valence-corrected chi connectivity index (χ4v) is 3.66. The molecule has 0 radical (unpaired) electrons. The number of anilines is 1. The molecule has 0 unspecified atom stereocenters. The van der Waals surface area contributed by atoms with E-state index in [0.29, 0.717) is 18.8 Å². The molecule has 0 saturated carbocycles. The molecule has 0 spiro atoms. The van der Waals surface area contributed by atoms with Gasteiger partial charge in [0, 0.05) is 18.7 Å². The van der Waals surface area contributed by atoms with E-state index in [1.165, 1.54) is 0 Å². The number of ether oxygens (including phenoxy) is 1. The van der Waals surface area contributed by atoms with E-state index >= 15 is 0 Å². The van der Waals surface area contributed by atoms with Gasteiger partial charge in [0.2, 0.25) is 0 Å². The van der Waals surface area contributed by atoms with Crippen LogP contribution < -0.4 is 4.90 Å². The Morgan fingerprint density at radius 1 is 1.32 bits per heavy atom. The van der Waals surface area contributed by atoms with Crippen LogP contribution in [0.2, 0.25) is 0 Å². The maximum atomic E-state index is 9.77. The van der Waals surface area contributed by atoms with Crippen LogP contribution >= 0.6 is 0 Å². The molecule has 2 aromatic heterocycles. The zero-order valence-electron chi connectivity index (χ0n) is 14.3. The monoisotopic (exact) mass is 332 g/mol. The van der Waals surface area contributed by atoms with Crippen molar-refractivity contribution in [2.24, 2.45) is 0 Å². The lowest BCUT2D eigenvalue weighted by molar-refractivity contribution is 0.122. The summed E-state index contributed by atoms with van der Waals surface area (Å²) in [6, 6.07) is 10.4. The molecule has 126 valence electrons. The van der Waals surface area contributed by atoms with Gasteiger partial charge in [-0.25, -0.2) is 4.98 Å². The number of rotatable bonds is 3. The number of imidazole rings is 1. The van der Waals surface area contributed by atoms with E-state index in [1.54, 1.807) is 0 Å². The van der Waals surface area contributed by atoms with Gasteiger partial charge in [-0.1, -0.05) is 18.2 Å². The van der Waals surface area contributed by atoms with E-state index < -0.39 is 0 Å². The number of hydrogen-bond donors (Lipinski definition) is 0. The number of para-hydroxylation sites is 2. The number of benzene rings is 1. The van der Waals surface area contributed by atoms with Crippen LogP contribution in [0, 0.1) is 18.3 Å². The Morgan fingerprint density at radius 2 is 2.08 bits per heavy atom. The molecule has 3 heterocycles. The van der Waals surface area contributed by atoms with E-state index in [2.05, 4.69) is 28.0 Å². The van der Waals surface area contributed by atoms with Gasteiger partial charge in [-0.2, -0.15) is 5.26 Å². The van der Waals surface area contributed by atoms with Gasteiger partial charge in [-0.15, -0.1) is 6.58 Å². The molecule has 3 aromatic rings. The van der Waals surface area contributed by atoms with Crippen molar-refractivity contribution >= 4 is 22.5 Å². The zero-order chi connectivity index (χ0) is 17.4. The third-order valence-electron chi connectivity index (χ3n) is 4.86. The molecule has 0 bridgehead atoms. The Labute approximate surface area is 146 Å². The summed E-state index contributed by atoms with van der Waals surface area (Å²) in [5.41, 5.74) is 5.45. The molecular formula is C20H20N4O. The first kappa shape index (κ1) is 15.7. The first-order valence-corrected chi connectivity index (χ1v) is 8.52. The minimum Gasteiger partial charge on any atom is -0.378 e. The number of nitrogens with zero attached hydrogens (tertiary/aromatic N) is 4. The Balaban J connectivity index is 2.16. The topological polar surface area (TPSA) is 53.6 Å². The maximum absolute atomic E-state index is 9.77. The van der Waals surface area contributed by atoms with E-state index in [-0.39, 0.29) is 0 Å². The molecule has 1 aliphatic heterocycles. The van der Waals surface area contributed by atoms with E-state index in [9.17, 15) is 5.26 Å². The van der Waals surface area contributed by atoms with Crippen molar-refractivity contribution in [3.8, 4) is 6.07 Å². The minimum absolute atomic E-state index is 0.644. The van der Waals surface area contributed by atoms with Crippen molar-refractivity contribution in [3.05, 3.63) is 53.6 Å². The smallest absolute Gasteiger partial charge is 0.157 e. The van der Waals surface area contributed by atoms with Crippen LogP contribution in [0.15, 0.2) is 36.9 Å².